The van der Waals surface area contributed by atoms with Crippen LogP contribution in [-0.2, 0) is 9.59 Å². The van der Waals surface area contributed by atoms with Gasteiger partial charge in [0.05, 0.1) is 28.8 Å². The van der Waals surface area contributed by atoms with Gasteiger partial charge in [0.15, 0.2) is 0 Å². The van der Waals surface area contributed by atoms with Crippen LogP contribution >= 0.6 is 0 Å². The lowest BCUT2D eigenvalue weighted by molar-refractivity contribution is -0.384. The van der Waals surface area contributed by atoms with Gasteiger partial charge >= 0.3 is 6.03 Å². The summed E-state index contributed by atoms with van der Waals surface area (Å²) in [7, 11) is 0. The maximum absolute atomic E-state index is 13.3. The Hall–Kier alpha value is -3.43. The predicted octanol–water partition coefficient (Wildman–Crippen LogP) is 1.44. The Labute approximate surface area is 173 Å². The summed E-state index contributed by atoms with van der Waals surface area (Å²) in [6.45, 7) is 3.96. The molecular weight excluding hydrogens is 390 g/mol. The molecule has 158 valence electrons. The average molecular weight is 413 g/mol. The zero-order valence-corrected chi connectivity index (χ0v) is 16.8. The van der Waals surface area contributed by atoms with Crippen LogP contribution in [0.25, 0.3) is 0 Å². The molecule has 1 aromatic rings. The van der Waals surface area contributed by atoms with Crippen molar-refractivity contribution in [3.8, 4) is 0 Å². The molecule has 4 rings (SSSR count). The topological polar surface area (TPSA) is 125 Å². The van der Waals surface area contributed by atoms with E-state index in [2.05, 4.69) is 10.6 Å². The SMILES string of the molecule is CCN1C(=O)NC(c2cccc([N+](=O)[O-])c2)C2=C1CN(C(C)C(=O)NC1CC1)C2=O. The average Bonchev–Trinajstić information content (AvgIpc) is 3.48. The third-order valence-electron chi connectivity index (χ3n) is 5.75. The van der Waals surface area contributed by atoms with Crippen LogP contribution in [0.5, 0.6) is 0 Å². The lowest BCUT2D eigenvalue weighted by atomic mass is 9.95. The molecule has 0 aromatic heterocycles. The number of nitro benzene ring substituents is 1. The third kappa shape index (κ3) is 3.38. The molecule has 2 N–H and O–H groups in total. The quantitative estimate of drug-likeness (QED) is 0.539. The summed E-state index contributed by atoms with van der Waals surface area (Å²) in [5.74, 6) is -0.571. The first kappa shape index (κ1) is 19.9. The highest BCUT2D eigenvalue weighted by Crippen LogP contribution is 2.37. The number of amides is 4. The van der Waals surface area contributed by atoms with Crippen molar-refractivity contribution in [2.75, 3.05) is 13.1 Å². The van der Waals surface area contributed by atoms with Crippen LogP contribution in [0, 0.1) is 10.1 Å². The number of nitrogens with one attached hydrogen (secondary N) is 2. The Kier molecular flexibility index (Phi) is 4.92. The van der Waals surface area contributed by atoms with E-state index in [1.807, 2.05) is 0 Å². The molecule has 2 unspecified atom stereocenters. The Balaban J connectivity index is 1.68. The first-order chi connectivity index (χ1) is 14.3. The number of benzene rings is 1. The third-order valence-corrected chi connectivity index (χ3v) is 5.75. The van der Waals surface area contributed by atoms with Crippen LogP contribution in [-0.4, -0.2) is 57.7 Å². The standard InChI is InChI=1S/C20H23N5O5/c1-3-23-15-10-24(11(2)18(26)21-13-7-8-13)19(27)16(15)17(22-20(23)28)12-5-4-6-14(9-12)25(29)30/h4-6,9,11,13,17H,3,7-8,10H2,1-2H3,(H,21,26)(H,22,28). The molecule has 1 fully saturated rings. The van der Waals surface area contributed by atoms with Gasteiger partial charge in [-0.3, -0.25) is 24.6 Å². The minimum absolute atomic E-state index is 0.124. The van der Waals surface area contributed by atoms with E-state index in [1.54, 1.807) is 19.9 Å². The first-order valence-corrected chi connectivity index (χ1v) is 9.98. The fourth-order valence-corrected chi connectivity index (χ4v) is 3.92. The number of carbonyl (C=O) groups excluding carboxylic acids is 3. The lowest BCUT2D eigenvalue weighted by Crippen LogP contribution is -2.47. The summed E-state index contributed by atoms with van der Waals surface area (Å²) in [4.78, 5) is 52.1. The lowest BCUT2D eigenvalue weighted by Gasteiger charge is -2.32. The smallest absolute Gasteiger partial charge is 0.322 e. The molecule has 10 heteroatoms. The van der Waals surface area contributed by atoms with Crippen LogP contribution in [0.1, 0.15) is 38.3 Å². The van der Waals surface area contributed by atoms with Gasteiger partial charge in [-0.05, 0) is 32.3 Å². The Morgan fingerprint density at radius 2 is 2.10 bits per heavy atom. The van der Waals surface area contributed by atoms with Gasteiger partial charge < -0.3 is 15.5 Å². The van der Waals surface area contributed by atoms with Gasteiger partial charge in [-0.15, -0.1) is 0 Å². The van der Waals surface area contributed by atoms with Crippen LogP contribution in [0.3, 0.4) is 0 Å². The number of hydrogen-bond acceptors (Lipinski definition) is 5. The largest absolute Gasteiger partial charge is 0.352 e. The van der Waals surface area contributed by atoms with Gasteiger partial charge in [-0.2, -0.15) is 0 Å². The molecule has 0 radical (unpaired) electrons. The van der Waals surface area contributed by atoms with E-state index in [4.69, 9.17) is 0 Å². The summed E-state index contributed by atoms with van der Waals surface area (Å²) in [6.07, 6.45) is 1.89. The molecule has 10 nitrogen and oxygen atoms in total. The van der Waals surface area contributed by atoms with E-state index in [0.29, 0.717) is 23.4 Å². The minimum Gasteiger partial charge on any atom is -0.352 e. The van der Waals surface area contributed by atoms with E-state index in [1.165, 1.54) is 28.0 Å². The molecule has 1 aromatic carbocycles. The predicted molar refractivity (Wildman–Crippen MR) is 106 cm³/mol. The van der Waals surface area contributed by atoms with Crippen molar-refractivity contribution in [3.63, 3.8) is 0 Å². The van der Waals surface area contributed by atoms with E-state index >= 15 is 0 Å². The monoisotopic (exact) mass is 413 g/mol. The molecule has 0 spiro atoms. The molecule has 0 bridgehead atoms. The van der Waals surface area contributed by atoms with E-state index < -0.39 is 17.0 Å². The van der Waals surface area contributed by atoms with Crippen molar-refractivity contribution in [1.82, 2.24) is 20.4 Å². The summed E-state index contributed by atoms with van der Waals surface area (Å²) in [5, 5.41) is 16.9. The highest BCUT2D eigenvalue weighted by Gasteiger charge is 2.46. The molecular formula is C20H23N5O5. The number of carbonyl (C=O) groups is 3. The van der Waals surface area contributed by atoms with E-state index in [9.17, 15) is 24.5 Å². The van der Waals surface area contributed by atoms with Crippen molar-refractivity contribution in [2.45, 2.75) is 44.8 Å². The summed E-state index contributed by atoms with van der Waals surface area (Å²) in [6, 6.07) is 4.17. The van der Waals surface area contributed by atoms with E-state index in [-0.39, 0.29) is 36.1 Å². The van der Waals surface area contributed by atoms with Gasteiger partial charge in [-0.1, -0.05) is 12.1 Å². The zero-order valence-electron chi connectivity index (χ0n) is 16.8. The summed E-state index contributed by atoms with van der Waals surface area (Å²) < 4.78 is 0. The van der Waals surface area contributed by atoms with Gasteiger partial charge in [0, 0.05) is 24.7 Å². The number of hydrogen-bond donors (Lipinski definition) is 2. The Morgan fingerprint density at radius 3 is 2.73 bits per heavy atom. The van der Waals surface area contributed by atoms with Gasteiger partial charge in [0.2, 0.25) is 5.91 Å². The van der Waals surface area contributed by atoms with Crippen molar-refractivity contribution >= 4 is 23.5 Å². The number of urea groups is 1. The van der Waals surface area contributed by atoms with Crippen molar-refractivity contribution in [3.05, 3.63) is 51.2 Å². The van der Waals surface area contributed by atoms with Crippen LogP contribution in [0.4, 0.5) is 10.5 Å². The van der Waals surface area contributed by atoms with Gasteiger partial charge in [-0.25, -0.2) is 4.79 Å². The molecule has 0 saturated heterocycles. The second-order valence-electron chi connectivity index (χ2n) is 7.73. The second kappa shape index (κ2) is 7.43. The van der Waals surface area contributed by atoms with Crippen molar-refractivity contribution < 1.29 is 19.3 Å². The molecule has 2 aliphatic heterocycles. The fraction of sp³-hybridized carbons (Fsp3) is 0.450. The first-order valence-electron chi connectivity index (χ1n) is 9.98. The van der Waals surface area contributed by atoms with Crippen LogP contribution in [0.15, 0.2) is 35.5 Å². The number of non-ortho nitro benzene ring substituents is 1. The molecule has 1 aliphatic carbocycles. The normalized spacial score (nSPS) is 22.0. The second-order valence-corrected chi connectivity index (χ2v) is 7.73. The number of nitrogens with zero attached hydrogens (tertiary/aromatic N) is 3. The molecule has 30 heavy (non-hydrogen) atoms. The maximum Gasteiger partial charge on any atom is 0.322 e. The highest BCUT2D eigenvalue weighted by molar-refractivity contribution is 6.03. The molecule has 4 amide bonds. The Bertz CT molecular complexity index is 970. The zero-order chi connectivity index (χ0) is 21.6. The molecule has 1 saturated carbocycles. The number of nitro groups is 1. The molecule has 2 heterocycles. The van der Waals surface area contributed by atoms with Crippen LogP contribution < -0.4 is 10.6 Å². The van der Waals surface area contributed by atoms with Gasteiger partial charge in [0.25, 0.3) is 11.6 Å². The van der Waals surface area contributed by atoms with Crippen LogP contribution in [0.2, 0.25) is 0 Å². The number of likely N-dealkylation sites (N-methyl/N-ethyl adjacent to an activating group) is 1. The number of rotatable bonds is 6. The molecule has 2 atom stereocenters. The maximum atomic E-state index is 13.3. The highest BCUT2D eigenvalue weighted by atomic mass is 16.6. The van der Waals surface area contributed by atoms with Crippen molar-refractivity contribution in [1.29, 1.82) is 0 Å². The van der Waals surface area contributed by atoms with Gasteiger partial charge in [0.1, 0.15) is 6.04 Å². The Morgan fingerprint density at radius 1 is 1.37 bits per heavy atom. The fourth-order valence-electron chi connectivity index (χ4n) is 3.92. The van der Waals surface area contributed by atoms with E-state index in [0.717, 1.165) is 12.8 Å². The summed E-state index contributed by atoms with van der Waals surface area (Å²) in [5.41, 5.74) is 1.21. The summed E-state index contributed by atoms with van der Waals surface area (Å²) >= 11 is 0. The minimum atomic E-state index is -0.814. The molecule has 3 aliphatic rings. The van der Waals surface area contributed by atoms with Crippen molar-refractivity contribution in [2.24, 2.45) is 0 Å².